The van der Waals surface area contributed by atoms with Crippen LogP contribution in [0.4, 0.5) is 4.79 Å². The Labute approximate surface area is 190 Å². The largest absolute Gasteiger partial charge is 0.480 e. The van der Waals surface area contributed by atoms with Gasteiger partial charge in [0.1, 0.15) is 17.0 Å². The molecule has 154 valence electrons. The number of benzene rings is 2. The fourth-order valence-electron chi connectivity index (χ4n) is 3.68. The molecule has 1 heterocycles. The second-order valence-electron chi connectivity index (χ2n) is 6.90. The topological polar surface area (TPSA) is 75.6 Å². The average Bonchev–Trinajstić information content (AvgIpc) is 3.22. The SMILES string of the molecule is O=C(NC(Cc1cc(Br)c(Cl)s1)C(=O)O)OCC1c2ccccc2-c2ccccc21. The molecule has 0 aliphatic heterocycles. The number of thiophene rings is 1. The van der Waals surface area contributed by atoms with E-state index in [1.165, 1.54) is 11.3 Å². The Morgan fingerprint density at radius 1 is 1.13 bits per heavy atom. The van der Waals surface area contributed by atoms with Crippen molar-refractivity contribution in [3.05, 3.63) is 79.4 Å². The molecule has 3 aromatic rings. The Balaban J connectivity index is 1.43. The van der Waals surface area contributed by atoms with Crippen LogP contribution in [0.25, 0.3) is 11.1 Å². The molecule has 5 nitrogen and oxygen atoms in total. The van der Waals surface area contributed by atoms with Crippen LogP contribution in [-0.2, 0) is 16.0 Å². The summed E-state index contributed by atoms with van der Waals surface area (Å²) in [5.74, 6) is -1.22. The van der Waals surface area contributed by atoms with Gasteiger partial charge < -0.3 is 15.2 Å². The third-order valence-electron chi connectivity index (χ3n) is 5.04. The number of rotatable bonds is 6. The fraction of sp³-hybridized carbons (Fsp3) is 0.182. The Morgan fingerprint density at radius 3 is 2.27 bits per heavy atom. The van der Waals surface area contributed by atoms with E-state index in [0.29, 0.717) is 8.81 Å². The highest BCUT2D eigenvalue weighted by Crippen LogP contribution is 2.44. The van der Waals surface area contributed by atoms with E-state index in [9.17, 15) is 14.7 Å². The van der Waals surface area contributed by atoms with Gasteiger partial charge in [-0.3, -0.25) is 0 Å². The lowest BCUT2D eigenvalue weighted by molar-refractivity contribution is -0.139. The van der Waals surface area contributed by atoms with E-state index < -0.39 is 18.1 Å². The number of fused-ring (bicyclic) bond motifs is 3. The lowest BCUT2D eigenvalue weighted by Crippen LogP contribution is -2.42. The maximum Gasteiger partial charge on any atom is 0.407 e. The molecule has 1 aliphatic carbocycles. The fourth-order valence-corrected chi connectivity index (χ4v) is 5.51. The first-order valence-corrected chi connectivity index (χ1v) is 11.2. The molecule has 1 atom stereocenters. The van der Waals surface area contributed by atoms with Gasteiger partial charge in [0, 0.05) is 21.7 Å². The van der Waals surface area contributed by atoms with Gasteiger partial charge in [0.2, 0.25) is 0 Å². The van der Waals surface area contributed by atoms with Crippen LogP contribution >= 0.6 is 38.9 Å². The second kappa shape index (κ2) is 8.79. The van der Waals surface area contributed by atoms with Crippen molar-refractivity contribution in [2.45, 2.75) is 18.4 Å². The summed E-state index contributed by atoms with van der Waals surface area (Å²) in [5.41, 5.74) is 4.45. The number of nitrogens with one attached hydrogen (secondary N) is 1. The van der Waals surface area contributed by atoms with Gasteiger partial charge >= 0.3 is 12.1 Å². The molecule has 0 radical (unpaired) electrons. The van der Waals surface area contributed by atoms with E-state index in [1.54, 1.807) is 6.07 Å². The van der Waals surface area contributed by atoms with Gasteiger partial charge in [0.05, 0.1) is 0 Å². The van der Waals surface area contributed by atoms with E-state index in [4.69, 9.17) is 16.3 Å². The van der Waals surface area contributed by atoms with Gasteiger partial charge in [0.25, 0.3) is 0 Å². The summed E-state index contributed by atoms with van der Waals surface area (Å²) in [6.07, 6.45) is -0.638. The van der Waals surface area contributed by atoms with Crippen LogP contribution in [0.5, 0.6) is 0 Å². The quantitative estimate of drug-likeness (QED) is 0.450. The highest BCUT2D eigenvalue weighted by atomic mass is 79.9. The third-order valence-corrected chi connectivity index (χ3v) is 7.53. The molecule has 0 bridgehead atoms. The molecule has 1 unspecified atom stereocenters. The van der Waals surface area contributed by atoms with Crippen LogP contribution in [-0.4, -0.2) is 29.8 Å². The van der Waals surface area contributed by atoms with Gasteiger partial charge in [-0.1, -0.05) is 60.1 Å². The average molecular weight is 507 g/mol. The van der Waals surface area contributed by atoms with Gasteiger partial charge in [0.15, 0.2) is 0 Å². The van der Waals surface area contributed by atoms with E-state index in [0.717, 1.165) is 27.1 Å². The number of carbonyl (C=O) groups excluding carboxylic acids is 1. The molecular formula is C22H17BrClNO4S. The van der Waals surface area contributed by atoms with Crippen molar-refractivity contribution >= 4 is 50.9 Å². The number of amides is 1. The van der Waals surface area contributed by atoms with E-state index >= 15 is 0 Å². The zero-order chi connectivity index (χ0) is 21.3. The first-order valence-electron chi connectivity index (χ1n) is 9.22. The molecule has 0 saturated heterocycles. The van der Waals surface area contributed by atoms with Crippen LogP contribution in [0.1, 0.15) is 21.9 Å². The third kappa shape index (κ3) is 4.24. The van der Waals surface area contributed by atoms with Gasteiger partial charge in [-0.05, 0) is 44.3 Å². The first-order chi connectivity index (χ1) is 14.4. The summed E-state index contributed by atoms with van der Waals surface area (Å²) in [4.78, 5) is 24.7. The number of carbonyl (C=O) groups is 2. The standard InChI is InChI=1S/C22H17BrClNO4S/c23-18-9-12(30-20(18)24)10-19(21(26)27)25-22(28)29-11-17-15-7-3-1-5-13(15)14-6-2-4-8-16(14)17/h1-9,17,19H,10-11H2,(H,25,28)(H,26,27). The van der Waals surface area contributed by atoms with Crippen molar-refractivity contribution in [1.82, 2.24) is 5.32 Å². The summed E-state index contributed by atoms with van der Waals surface area (Å²) in [6.45, 7) is 0.128. The van der Waals surface area contributed by atoms with Gasteiger partial charge in [-0.25, -0.2) is 9.59 Å². The van der Waals surface area contributed by atoms with Crippen LogP contribution < -0.4 is 5.32 Å². The van der Waals surface area contributed by atoms with Crippen LogP contribution in [0.15, 0.2) is 59.1 Å². The molecule has 1 aromatic heterocycles. The summed E-state index contributed by atoms with van der Waals surface area (Å²) in [7, 11) is 0. The van der Waals surface area contributed by atoms with Crippen molar-refractivity contribution in [1.29, 1.82) is 0 Å². The maximum atomic E-state index is 12.4. The van der Waals surface area contributed by atoms with Crippen molar-refractivity contribution in [3.8, 4) is 11.1 Å². The molecule has 4 rings (SSSR count). The number of hydrogen-bond acceptors (Lipinski definition) is 4. The Morgan fingerprint density at radius 2 is 1.73 bits per heavy atom. The Bertz CT molecular complexity index is 1050. The minimum atomic E-state index is -1.14. The van der Waals surface area contributed by atoms with Crippen molar-refractivity contribution in [2.75, 3.05) is 6.61 Å². The predicted octanol–water partition coefficient (Wildman–Crippen LogP) is 5.70. The molecular weight excluding hydrogens is 490 g/mol. The number of aliphatic carboxylic acids is 1. The predicted molar refractivity (Wildman–Crippen MR) is 120 cm³/mol. The number of carboxylic acids is 1. The van der Waals surface area contributed by atoms with Gasteiger partial charge in [-0.2, -0.15) is 0 Å². The highest BCUT2D eigenvalue weighted by Gasteiger charge is 2.30. The van der Waals surface area contributed by atoms with E-state index in [1.807, 2.05) is 36.4 Å². The Hall–Kier alpha value is -2.35. The molecule has 2 N–H and O–H groups in total. The Kier molecular flexibility index (Phi) is 6.13. The summed E-state index contributed by atoms with van der Waals surface area (Å²) < 4.78 is 6.68. The minimum absolute atomic E-state index is 0.0847. The zero-order valence-electron chi connectivity index (χ0n) is 15.6. The molecule has 1 aliphatic rings. The number of ether oxygens (including phenoxy) is 1. The number of carboxylic acid groups (broad SMARTS) is 1. The van der Waals surface area contributed by atoms with Crippen molar-refractivity contribution in [2.24, 2.45) is 0 Å². The normalized spacial score (nSPS) is 13.4. The van der Waals surface area contributed by atoms with Crippen molar-refractivity contribution < 1.29 is 19.4 Å². The van der Waals surface area contributed by atoms with Crippen LogP contribution in [0, 0.1) is 0 Å². The van der Waals surface area contributed by atoms with Crippen LogP contribution in [0.2, 0.25) is 4.34 Å². The van der Waals surface area contributed by atoms with Crippen LogP contribution in [0.3, 0.4) is 0 Å². The number of hydrogen-bond donors (Lipinski definition) is 2. The molecule has 1 amide bonds. The lowest BCUT2D eigenvalue weighted by atomic mass is 9.98. The molecule has 0 spiro atoms. The zero-order valence-corrected chi connectivity index (χ0v) is 18.8. The summed E-state index contributed by atoms with van der Waals surface area (Å²) in [5, 5.41) is 11.9. The van der Waals surface area contributed by atoms with E-state index in [2.05, 4.69) is 33.4 Å². The molecule has 0 saturated carbocycles. The smallest absolute Gasteiger partial charge is 0.407 e. The molecule has 0 fully saturated rings. The molecule has 30 heavy (non-hydrogen) atoms. The highest BCUT2D eigenvalue weighted by molar-refractivity contribution is 9.10. The first kappa shape index (κ1) is 20.9. The second-order valence-corrected chi connectivity index (χ2v) is 9.49. The summed E-state index contributed by atoms with van der Waals surface area (Å²) >= 11 is 10.6. The number of halogens is 2. The lowest BCUT2D eigenvalue weighted by Gasteiger charge is -2.17. The van der Waals surface area contributed by atoms with Gasteiger partial charge in [-0.15, -0.1) is 11.3 Å². The van der Waals surface area contributed by atoms with Crippen molar-refractivity contribution in [3.63, 3.8) is 0 Å². The van der Waals surface area contributed by atoms with E-state index in [-0.39, 0.29) is 18.9 Å². The summed E-state index contributed by atoms with van der Waals surface area (Å²) in [6, 6.07) is 16.7. The molecule has 8 heteroatoms. The number of alkyl carbamates (subject to hydrolysis) is 1. The molecule has 2 aromatic carbocycles. The minimum Gasteiger partial charge on any atom is -0.480 e. The maximum absolute atomic E-state index is 12.4. The monoisotopic (exact) mass is 505 g/mol.